The standard InChI is InChI=1S/C26H24BrN3O4S2/c1-17-4-11-22(12-5-17)36(32,33)29-20-9-6-18(7-10-20)25(31)30(16-21-3-2-14-34-21)26-28-23-13-8-19(27)15-24(23)35-26/h4-13,15,21,29H,2-3,14,16H2,1H3. The Bertz CT molecular complexity index is 1500. The Balaban J connectivity index is 1.39. The van der Waals surface area contributed by atoms with E-state index in [4.69, 9.17) is 9.72 Å². The summed E-state index contributed by atoms with van der Waals surface area (Å²) < 4.78 is 35.7. The summed E-state index contributed by atoms with van der Waals surface area (Å²) in [5, 5.41) is 0.604. The molecule has 2 heterocycles. The number of benzene rings is 3. The average Bonchev–Trinajstić information content (AvgIpc) is 3.52. The van der Waals surface area contributed by atoms with Crippen LogP contribution in [0.2, 0.25) is 0 Å². The highest BCUT2D eigenvalue weighted by molar-refractivity contribution is 9.10. The van der Waals surface area contributed by atoms with E-state index in [0.717, 1.165) is 33.1 Å². The third-order valence-electron chi connectivity index (χ3n) is 5.94. The summed E-state index contributed by atoms with van der Waals surface area (Å²) in [7, 11) is -3.73. The molecular weight excluding hydrogens is 562 g/mol. The lowest BCUT2D eigenvalue weighted by Gasteiger charge is -2.23. The number of sulfonamides is 1. The van der Waals surface area contributed by atoms with Crippen LogP contribution in [0.4, 0.5) is 10.8 Å². The molecule has 0 bridgehead atoms. The van der Waals surface area contributed by atoms with Gasteiger partial charge in [-0.25, -0.2) is 13.4 Å². The van der Waals surface area contributed by atoms with Crippen molar-refractivity contribution in [2.75, 3.05) is 22.8 Å². The molecule has 1 aliphatic heterocycles. The number of amides is 1. The second kappa shape index (κ2) is 10.3. The normalized spacial score (nSPS) is 15.8. The lowest BCUT2D eigenvalue weighted by molar-refractivity contribution is 0.0917. The van der Waals surface area contributed by atoms with Gasteiger partial charge in [-0.2, -0.15) is 0 Å². The van der Waals surface area contributed by atoms with Crippen molar-refractivity contribution >= 4 is 64.2 Å². The maximum Gasteiger partial charge on any atom is 0.261 e. The molecule has 1 aromatic heterocycles. The molecular formula is C26H24BrN3O4S2. The number of fused-ring (bicyclic) bond motifs is 1. The lowest BCUT2D eigenvalue weighted by Crippen LogP contribution is -2.37. The first-order valence-electron chi connectivity index (χ1n) is 11.5. The SMILES string of the molecule is Cc1ccc(S(=O)(=O)Nc2ccc(C(=O)N(CC3CCCO3)c3nc4ccc(Br)cc4s3)cc2)cc1. The Hall–Kier alpha value is -2.79. The highest BCUT2D eigenvalue weighted by atomic mass is 79.9. The molecule has 1 fully saturated rings. The fourth-order valence-corrected chi connectivity index (χ4v) is 6.59. The fourth-order valence-electron chi connectivity index (χ4n) is 4.01. The Morgan fingerprint density at radius 3 is 2.58 bits per heavy atom. The third-order valence-corrected chi connectivity index (χ3v) is 8.87. The molecule has 1 amide bonds. The topological polar surface area (TPSA) is 88.6 Å². The summed E-state index contributed by atoms with van der Waals surface area (Å²) in [5.41, 5.74) is 2.61. The van der Waals surface area contributed by atoms with Gasteiger partial charge in [-0.1, -0.05) is 45.0 Å². The maximum absolute atomic E-state index is 13.6. The fraction of sp³-hybridized carbons (Fsp3) is 0.231. The van der Waals surface area contributed by atoms with E-state index in [2.05, 4.69) is 20.7 Å². The Kier molecular flexibility index (Phi) is 7.11. The molecule has 0 saturated carbocycles. The molecule has 1 unspecified atom stereocenters. The molecule has 1 atom stereocenters. The monoisotopic (exact) mass is 585 g/mol. The van der Waals surface area contributed by atoms with Crippen LogP contribution in [-0.2, 0) is 14.8 Å². The summed E-state index contributed by atoms with van der Waals surface area (Å²) in [4.78, 5) is 20.2. The van der Waals surface area contributed by atoms with Gasteiger partial charge >= 0.3 is 0 Å². The van der Waals surface area contributed by atoms with Gasteiger partial charge in [-0.05, 0) is 74.4 Å². The van der Waals surface area contributed by atoms with Gasteiger partial charge in [0.25, 0.3) is 15.9 Å². The first kappa shape index (κ1) is 24.9. The minimum atomic E-state index is -3.73. The molecule has 5 rings (SSSR count). The van der Waals surface area contributed by atoms with Crippen LogP contribution in [-0.4, -0.2) is 38.6 Å². The number of hydrogen-bond acceptors (Lipinski definition) is 6. The van der Waals surface area contributed by atoms with Crippen molar-refractivity contribution in [3.8, 4) is 0 Å². The quantitative estimate of drug-likeness (QED) is 0.287. The van der Waals surface area contributed by atoms with Crippen molar-refractivity contribution < 1.29 is 17.9 Å². The van der Waals surface area contributed by atoms with Gasteiger partial charge in [-0.3, -0.25) is 14.4 Å². The van der Waals surface area contributed by atoms with Crippen LogP contribution in [0.3, 0.4) is 0 Å². The zero-order chi connectivity index (χ0) is 25.3. The number of nitrogens with one attached hydrogen (secondary N) is 1. The van der Waals surface area contributed by atoms with Gasteiger partial charge in [0.2, 0.25) is 0 Å². The number of anilines is 2. The number of thiazole rings is 1. The largest absolute Gasteiger partial charge is 0.376 e. The predicted octanol–water partition coefficient (Wildman–Crippen LogP) is 5.99. The maximum atomic E-state index is 13.6. The molecule has 3 aromatic carbocycles. The minimum Gasteiger partial charge on any atom is -0.376 e. The first-order valence-corrected chi connectivity index (χ1v) is 14.6. The van der Waals surface area contributed by atoms with Crippen LogP contribution in [0.25, 0.3) is 10.2 Å². The Morgan fingerprint density at radius 1 is 1.14 bits per heavy atom. The van der Waals surface area contributed by atoms with Crippen molar-refractivity contribution in [1.29, 1.82) is 0 Å². The molecule has 1 saturated heterocycles. The van der Waals surface area contributed by atoms with E-state index in [-0.39, 0.29) is 16.9 Å². The van der Waals surface area contributed by atoms with Gasteiger partial charge in [0.05, 0.1) is 27.8 Å². The van der Waals surface area contributed by atoms with E-state index in [1.807, 2.05) is 25.1 Å². The predicted molar refractivity (Wildman–Crippen MR) is 146 cm³/mol. The summed E-state index contributed by atoms with van der Waals surface area (Å²) >= 11 is 4.94. The van der Waals surface area contributed by atoms with E-state index >= 15 is 0 Å². The van der Waals surface area contributed by atoms with Gasteiger partial charge in [0.1, 0.15) is 0 Å². The van der Waals surface area contributed by atoms with Crippen LogP contribution >= 0.6 is 27.3 Å². The number of hydrogen-bond donors (Lipinski definition) is 1. The molecule has 0 spiro atoms. The molecule has 4 aromatic rings. The molecule has 1 N–H and O–H groups in total. The zero-order valence-corrected chi connectivity index (χ0v) is 22.7. The zero-order valence-electron chi connectivity index (χ0n) is 19.5. The number of rotatable bonds is 7. The third kappa shape index (κ3) is 5.46. The average molecular weight is 587 g/mol. The first-order chi connectivity index (χ1) is 17.3. The number of nitrogens with zero attached hydrogens (tertiary/aromatic N) is 2. The summed E-state index contributed by atoms with van der Waals surface area (Å²) in [6, 6.07) is 18.9. The molecule has 0 radical (unpaired) electrons. The highest BCUT2D eigenvalue weighted by Gasteiger charge is 2.27. The van der Waals surface area contributed by atoms with E-state index in [1.165, 1.54) is 11.3 Å². The lowest BCUT2D eigenvalue weighted by atomic mass is 10.1. The number of aryl methyl sites for hydroxylation is 1. The summed E-state index contributed by atoms with van der Waals surface area (Å²) in [6.07, 6.45) is 1.81. The second-order valence-electron chi connectivity index (χ2n) is 8.66. The van der Waals surface area contributed by atoms with Crippen LogP contribution in [0.15, 0.2) is 76.1 Å². The van der Waals surface area contributed by atoms with E-state index in [9.17, 15) is 13.2 Å². The van der Waals surface area contributed by atoms with Crippen molar-refractivity contribution in [2.45, 2.75) is 30.8 Å². The molecule has 36 heavy (non-hydrogen) atoms. The van der Waals surface area contributed by atoms with Gasteiger partial charge in [0.15, 0.2) is 5.13 Å². The number of aromatic nitrogens is 1. The molecule has 7 nitrogen and oxygen atoms in total. The minimum absolute atomic E-state index is 0.0479. The molecule has 1 aliphatic rings. The summed E-state index contributed by atoms with van der Waals surface area (Å²) in [5.74, 6) is -0.212. The number of halogens is 1. The van der Waals surface area contributed by atoms with Crippen LogP contribution in [0, 0.1) is 6.92 Å². The van der Waals surface area contributed by atoms with Crippen LogP contribution in [0.1, 0.15) is 28.8 Å². The van der Waals surface area contributed by atoms with E-state index in [1.54, 1.807) is 53.4 Å². The van der Waals surface area contributed by atoms with Gasteiger partial charge in [-0.15, -0.1) is 0 Å². The van der Waals surface area contributed by atoms with Gasteiger partial charge < -0.3 is 4.74 Å². The van der Waals surface area contributed by atoms with Gasteiger partial charge in [0, 0.05) is 22.3 Å². The Labute approximate surface area is 222 Å². The van der Waals surface area contributed by atoms with Crippen molar-refractivity contribution in [3.05, 3.63) is 82.3 Å². The van der Waals surface area contributed by atoms with Crippen LogP contribution < -0.4 is 9.62 Å². The highest BCUT2D eigenvalue weighted by Crippen LogP contribution is 2.32. The van der Waals surface area contributed by atoms with Crippen molar-refractivity contribution in [2.24, 2.45) is 0 Å². The van der Waals surface area contributed by atoms with Crippen molar-refractivity contribution in [1.82, 2.24) is 4.98 Å². The van der Waals surface area contributed by atoms with E-state index < -0.39 is 10.0 Å². The molecule has 186 valence electrons. The number of ether oxygens (including phenoxy) is 1. The van der Waals surface area contributed by atoms with Crippen LogP contribution in [0.5, 0.6) is 0 Å². The van der Waals surface area contributed by atoms with E-state index in [0.29, 0.717) is 29.5 Å². The second-order valence-corrected chi connectivity index (χ2v) is 12.3. The van der Waals surface area contributed by atoms with Crippen molar-refractivity contribution in [3.63, 3.8) is 0 Å². The number of carbonyl (C=O) groups excluding carboxylic acids is 1. The Morgan fingerprint density at radius 2 is 1.89 bits per heavy atom. The molecule has 0 aliphatic carbocycles. The smallest absolute Gasteiger partial charge is 0.261 e. The summed E-state index contributed by atoms with van der Waals surface area (Å²) in [6.45, 7) is 2.99. The molecule has 10 heteroatoms. The number of carbonyl (C=O) groups is 1.